The van der Waals surface area contributed by atoms with Gasteiger partial charge in [0.05, 0.1) is 5.02 Å². The summed E-state index contributed by atoms with van der Waals surface area (Å²) < 4.78 is 26.7. The number of hydrogen-bond acceptors (Lipinski definition) is 3. The van der Waals surface area contributed by atoms with Crippen molar-refractivity contribution in [1.82, 2.24) is 4.31 Å². The maximum absolute atomic E-state index is 12.3. The first-order valence-corrected chi connectivity index (χ1v) is 7.73. The van der Waals surface area contributed by atoms with E-state index in [-0.39, 0.29) is 28.4 Å². The van der Waals surface area contributed by atoms with Crippen molar-refractivity contribution < 1.29 is 8.42 Å². The van der Waals surface area contributed by atoms with Gasteiger partial charge in [0.1, 0.15) is 4.90 Å². The van der Waals surface area contributed by atoms with E-state index in [1.54, 1.807) is 12.1 Å². The maximum Gasteiger partial charge on any atom is 0.244 e. The molecule has 8 heteroatoms. The van der Waals surface area contributed by atoms with Crippen molar-refractivity contribution in [3.63, 3.8) is 0 Å². The van der Waals surface area contributed by atoms with Crippen LogP contribution in [0.1, 0.15) is 6.42 Å². The van der Waals surface area contributed by atoms with E-state index in [9.17, 15) is 8.42 Å². The van der Waals surface area contributed by atoms with Crippen LogP contribution in [0.3, 0.4) is 0 Å². The van der Waals surface area contributed by atoms with E-state index in [1.165, 1.54) is 10.4 Å². The molecule has 1 aromatic rings. The molecule has 102 valence electrons. The van der Waals surface area contributed by atoms with Crippen LogP contribution in [0.25, 0.3) is 0 Å². The molecule has 2 N–H and O–H groups in total. The van der Waals surface area contributed by atoms with Gasteiger partial charge in [-0.25, -0.2) is 8.42 Å². The van der Waals surface area contributed by atoms with E-state index in [4.69, 9.17) is 17.3 Å². The van der Waals surface area contributed by atoms with Gasteiger partial charge in [-0.3, -0.25) is 0 Å². The Kier molecular flexibility index (Phi) is 5.46. The number of sulfonamides is 1. The molecule has 1 aromatic carbocycles. The molecule has 1 unspecified atom stereocenters. The topological polar surface area (TPSA) is 63.4 Å². The van der Waals surface area contributed by atoms with Crippen molar-refractivity contribution in [3.8, 4) is 0 Å². The Morgan fingerprint density at radius 2 is 2.11 bits per heavy atom. The SMILES string of the molecule is Cl.NC1CCN(S(=O)(=O)c2ccc(Br)cc2Cl)C1. The van der Waals surface area contributed by atoms with Crippen molar-refractivity contribution in [2.24, 2.45) is 5.73 Å². The summed E-state index contributed by atoms with van der Waals surface area (Å²) in [5, 5.41) is 0.222. The number of nitrogens with two attached hydrogens (primary N) is 1. The first-order chi connectivity index (χ1) is 7.91. The largest absolute Gasteiger partial charge is 0.326 e. The molecular weight excluding hydrogens is 363 g/mol. The van der Waals surface area contributed by atoms with Crippen LogP contribution in [-0.4, -0.2) is 31.9 Å². The number of hydrogen-bond donors (Lipinski definition) is 1. The van der Waals surface area contributed by atoms with E-state index in [1.807, 2.05) is 0 Å². The highest BCUT2D eigenvalue weighted by Crippen LogP contribution is 2.29. The normalized spacial score (nSPS) is 20.7. The molecule has 0 saturated carbocycles. The fourth-order valence-corrected chi connectivity index (χ4v) is 4.32. The quantitative estimate of drug-likeness (QED) is 0.862. The van der Waals surface area contributed by atoms with Gasteiger partial charge in [0.2, 0.25) is 10.0 Å². The molecule has 0 aliphatic carbocycles. The number of rotatable bonds is 2. The summed E-state index contributed by atoms with van der Waals surface area (Å²) in [4.78, 5) is 0.136. The third-order valence-electron chi connectivity index (χ3n) is 2.70. The molecule has 1 atom stereocenters. The summed E-state index contributed by atoms with van der Waals surface area (Å²) >= 11 is 9.20. The zero-order valence-corrected chi connectivity index (χ0v) is 13.3. The van der Waals surface area contributed by atoms with E-state index >= 15 is 0 Å². The Morgan fingerprint density at radius 3 is 2.61 bits per heavy atom. The van der Waals surface area contributed by atoms with Crippen LogP contribution in [0, 0.1) is 0 Å². The molecule has 0 bridgehead atoms. The summed E-state index contributed by atoms with van der Waals surface area (Å²) in [7, 11) is -3.52. The van der Waals surface area contributed by atoms with Gasteiger partial charge in [0.25, 0.3) is 0 Å². The second kappa shape index (κ2) is 6.07. The van der Waals surface area contributed by atoms with Crippen molar-refractivity contribution >= 4 is 50.0 Å². The number of nitrogens with zero attached hydrogens (tertiary/aromatic N) is 1. The minimum Gasteiger partial charge on any atom is -0.326 e. The van der Waals surface area contributed by atoms with E-state index in [0.29, 0.717) is 19.5 Å². The molecule has 1 saturated heterocycles. The lowest BCUT2D eigenvalue weighted by atomic mass is 10.3. The van der Waals surface area contributed by atoms with Crippen LogP contribution in [0.2, 0.25) is 5.02 Å². The zero-order valence-electron chi connectivity index (χ0n) is 9.34. The van der Waals surface area contributed by atoms with Crippen molar-refractivity contribution in [3.05, 3.63) is 27.7 Å². The fourth-order valence-electron chi connectivity index (χ4n) is 1.80. The van der Waals surface area contributed by atoms with Crippen LogP contribution in [0.5, 0.6) is 0 Å². The van der Waals surface area contributed by atoms with Crippen LogP contribution in [0.4, 0.5) is 0 Å². The fraction of sp³-hybridized carbons (Fsp3) is 0.400. The highest BCUT2D eigenvalue weighted by atomic mass is 79.9. The smallest absolute Gasteiger partial charge is 0.244 e. The minimum atomic E-state index is -3.52. The van der Waals surface area contributed by atoms with Crippen LogP contribution < -0.4 is 5.73 Å². The average molecular weight is 376 g/mol. The second-order valence-corrected chi connectivity index (χ2v) is 7.22. The molecule has 0 radical (unpaired) electrons. The van der Waals surface area contributed by atoms with Crippen molar-refractivity contribution in [2.45, 2.75) is 17.4 Å². The second-order valence-electron chi connectivity index (χ2n) is 3.99. The molecule has 0 amide bonds. The van der Waals surface area contributed by atoms with Crippen LogP contribution in [0.15, 0.2) is 27.6 Å². The lowest BCUT2D eigenvalue weighted by Crippen LogP contribution is -2.32. The maximum atomic E-state index is 12.3. The number of halogens is 3. The predicted octanol–water partition coefficient (Wildman–Crippen LogP) is 2.25. The van der Waals surface area contributed by atoms with Gasteiger partial charge < -0.3 is 5.73 Å². The summed E-state index contributed by atoms with van der Waals surface area (Å²) in [6.07, 6.45) is 0.688. The van der Waals surface area contributed by atoms with Crippen molar-refractivity contribution in [1.29, 1.82) is 0 Å². The van der Waals surface area contributed by atoms with Crippen molar-refractivity contribution in [2.75, 3.05) is 13.1 Å². The van der Waals surface area contributed by atoms with Gasteiger partial charge in [-0.1, -0.05) is 27.5 Å². The molecule has 0 aromatic heterocycles. The summed E-state index contributed by atoms with van der Waals surface area (Å²) in [5.74, 6) is 0. The van der Waals surface area contributed by atoms with E-state index in [2.05, 4.69) is 15.9 Å². The minimum absolute atomic E-state index is 0. The van der Waals surface area contributed by atoms with Gasteiger partial charge in [0, 0.05) is 23.6 Å². The zero-order chi connectivity index (χ0) is 12.6. The molecule has 4 nitrogen and oxygen atoms in total. The molecule has 1 aliphatic rings. The highest BCUT2D eigenvalue weighted by Gasteiger charge is 2.32. The average Bonchev–Trinajstić information content (AvgIpc) is 2.64. The lowest BCUT2D eigenvalue weighted by Gasteiger charge is -2.16. The first-order valence-electron chi connectivity index (χ1n) is 5.12. The molecule has 18 heavy (non-hydrogen) atoms. The Bertz CT molecular complexity index is 539. The summed E-state index contributed by atoms with van der Waals surface area (Å²) in [5.41, 5.74) is 5.72. The predicted molar refractivity (Wildman–Crippen MR) is 77.8 cm³/mol. The van der Waals surface area contributed by atoms with E-state index < -0.39 is 10.0 Å². The Hall–Kier alpha value is 0.150. The Labute approximate surface area is 126 Å². The molecule has 0 spiro atoms. The van der Waals surface area contributed by atoms with Gasteiger partial charge >= 0.3 is 0 Å². The molecule has 1 aliphatic heterocycles. The third kappa shape index (κ3) is 3.18. The molecule has 1 heterocycles. The third-order valence-corrected chi connectivity index (χ3v) is 5.54. The Morgan fingerprint density at radius 1 is 1.44 bits per heavy atom. The van der Waals surface area contributed by atoms with Gasteiger partial charge in [-0.05, 0) is 24.6 Å². The number of benzene rings is 1. The monoisotopic (exact) mass is 374 g/mol. The highest BCUT2D eigenvalue weighted by molar-refractivity contribution is 9.10. The van der Waals surface area contributed by atoms with E-state index in [0.717, 1.165) is 4.47 Å². The Balaban J connectivity index is 0.00000162. The standard InChI is InChI=1S/C10H12BrClN2O2S.ClH/c11-7-1-2-10(9(12)5-7)17(15,16)14-4-3-8(13)6-14;/h1-2,5,8H,3-4,6,13H2;1H. The molecular formula is C10H13BrCl2N2O2S. The lowest BCUT2D eigenvalue weighted by molar-refractivity contribution is 0.472. The molecule has 2 rings (SSSR count). The van der Waals surface area contributed by atoms with Gasteiger partial charge in [-0.2, -0.15) is 4.31 Å². The summed E-state index contributed by atoms with van der Waals surface area (Å²) in [6.45, 7) is 0.810. The van der Waals surface area contributed by atoms with Gasteiger partial charge in [-0.15, -0.1) is 12.4 Å². The van der Waals surface area contributed by atoms with Gasteiger partial charge in [0.15, 0.2) is 0 Å². The van der Waals surface area contributed by atoms with Crippen LogP contribution in [-0.2, 0) is 10.0 Å². The molecule has 1 fully saturated rings. The first kappa shape index (κ1) is 16.2. The summed E-state index contributed by atoms with van der Waals surface area (Å²) in [6, 6.07) is 4.66. The van der Waals surface area contributed by atoms with Crippen LogP contribution >= 0.6 is 39.9 Å².